The highest BCUT2D eigenvalue weighted by Crippen LogP contribution is 2.28. The van der Waals surface area contributed by atoms with E-state index in [9.17, 15) is 0 Å². The van der Waals surface area contributed by atoms with Crippen LogP contribution in [0.3, 0.4) is 0 Å². The van der Waals surface area contributed by atoms with Gasteiger partial charge in [0.1, 0.15) is 0 Å². The van der Waals surface area contributed by atoms with Crippen LogP contribution in [-0.4, -0.2) is 41.1 Å². The Morgan fingerprint density at radius 2 is 1.58 bits per heavy atom. The number of rotatable bonds is 3. The van der Waals surface area contributed by atoms with Crippen molar-refractivity contribution in [1.82, 2.24) is 14.8 Å². The Kier molecular flexibility index (Phi) is 4.19. The molecule has 1 aliphatic rings. The summed E-state index contributed by atoms with van der Waals surface area (Å²) in [5.41, 5.74) is 2.02. The topological polar surface area (TPSA) is 43.2 Å². The molecule has 0 spiro atoms. The number of halogens is 1. The molecule has 3 aromatic rings. The van der Waals surface area contributed by atoms with Crippen LogP contribution in [0.25, 0.3) is 17.1 Å². The number of morpholine rings is 1. The Morgan fingerprint density at radius 3 is 2.29 bits per heavy atom. The largest absolute Gasteiger partial charge is 0.378 e. The molecule has 0 radical (unpaired) electrons. The fourth-order valence-electron chi connectivity index (χ4n) is 2.84. The van der Waals surface area contributed by atoms with E-state index < -0.39 is 0 Å². The van der Waals surface area contributed by atoms with Crippen LogP contribution in [0, 0.1) is 0 Å². The molecule has 4 rings (SSSR count). The minimum absolute atomic E-state index is 0.706. The first-order chi connectivity index (χ1) is 11.8. The molecule has 0 atom stereocenters. The van der Waals surface area contributed by atoms with Gasteiger partial charge in [0.2, 0.25) is 5.95 Å². The van der Waals surface area contributed by atoms with Crippen LogP contribution in [0.5, 0.6) is 0 Å². The maximum atomic E-state index is 6.02. The van der Waals surface area contributed by atoms with Crippen molar-refractivity contribution in [1.29, 1.82) is 0 Å². The molecule has 2 heterocycles. The highest BCUT2D eigenvalue weighted by Gasteiger charge is 2.22. The van der Waals surface area contributed by atoms with E-state index in [1.165, 1.54) is 0 Å². The zero-order valence-electron chi connectivity index (χ0n) is 13.1. The molecule has 1 aromatic heterocycles. The zero-order valence-corrected chi connectivity index (χ0v) is 13.9. The Morgan fingerprint density at radius 1 is 0.875 bits per heavy atom. The predicted octanol–water partition coefficient (Wildman–Crippen LogP) is 3.42. The van der Waals surface area contributed by atoms with Crippen molar-refractivity contribution in [2.45, 2.75) is 0 Å². The molecule has 1 saturated heterocycles. The van der Waals surface area contributed by atoms with Gasteiger partial charge in [-0.2, -0.15) is 0 Å². The van der Waals surface area contributed by atoms with Crippen LogP contribution in [0.4, 0.5) is 5.95 Å². The van der Waals surface area contributed by atoms with E-state index in [0.717, 1.165) is 36.1 Å². The molecule has 24 heavy (non-hydrogen) atoms. The fraction of sp³-hybridized carbons (Fsp3) is 0.222. The van der Waals surface area contributed by atoms with Gasteiger partial charge >= 0.3 is 0 Å². The molecule has 2 aromatic carbocycles. The second-order valence-electron chi connectivity index (χ2n) is 5.60. The van der Waals surface area contributed by atoms with E-state index in [2.05, 4.69) is 31.8 Å². The molecule has 0 unspecified atom stereocenters. The molecule has 5 nitrogen and oxygen atoms in total. The predicted molar refractivity (Wildman–Crippen MR) is 94.8 cm³/mol. The smallest absolute Gasteiger partial charge is 0.232 e. The molecule has 0 saturated carbocycles. The molecule has 0 aliphatic carbocycles. The summed E-state index contributed by atoms with van der Waals surface area (Å²) in [7, 11) is 0. The summed E-state index contributed by atoms with van der Waals surface area (Å²) >= 11 is 6.02. The first kappa shape index (κ1) is 15.2. The van der Waals surface area contributed by atoms with Crippen molar-refractivity contribution in [2.75, 3.05) is 31.2 Å². The maximum Gasteiger partial charge on any atom is 0.232 e. The number of aromatic nitrogens is 3. The molecular weight excluding hydrogens is 324 g/mol. The summed E-state index contributed by atoms with van der Waals surface area (Å²) in [6, 6.07) is 17.8. The molecule has 0 N–H and O–H groups in total. The third-order valence-corrected chi connectivity index (χ3v) is 4.31. The van der Waals surface area contributed by atoms with Gasteiger partial charge in [0.05, 0.1) is 18.9 Å². The summed E-state index contributed by atoms with van der Waals surface area (Å²) in [5, 5.41) is 9.63. The van der Waals surface area contributed by atoms with Crippen LogP contribution in [0.2, 0.25) is 5.02 Å². The summed E-state index contributed by atoms with van der Waals surface area (Å²) in [6.45, 7) is 3.03. The van der Waals surface area contributed by atoms with Gasteiger partial charge in [-0.05, 0) is 36.4 Å². The minimum Gasteiger partial charge on any atom is -0.378 e. The van der Waals surface area contributed by atoms with Crippen molar-refractivity contribution in [2.24, 2.45) is 0 Å². The monoisotopic (exact) mass is 340 g/mol. The summed E-state index contributed by atoms with van der Waals surface area (Å²) in [5.74, 6) is 1.65. The van der Waals surface area contributed by atoms with Gasteiger partial charge in [-0.25, -0.2) is 0 Å². The third kappa shape index (κ3) is 2.88. The van der Waals surface area contributed by atoms with E-state index in [1.54, 1.807) is 0 Å². The molecule has 0 amide bonds. The molecule has 122 valence electrons. The van der Waals surface area contributed by atoms with E-state index in [-0.39, 0.29) is 0 Å². The number of ether oxygens (including phenoxy) is 1. The molecule has 0 bridgehead atoms. The van der Waals surface area contributed by atoms with Crippen LogP contribution >= 0.6 is 11.6 Å². The number of hydrogen-bond acceptors (Lipinski definition) is 4. The first-order valence-corrected chi connectivity index (χ1v) is 8.30. The van der Waals surface area contributed by atoms with Gasteiger partial charge < -0.3 is 9.64 Å². The molecule has 1 fully saturated rings. The normalized spacial score (nSPS) is 14.8. The lowest BCUT2D eigenvalue weighted by Gasteiger charge is -2.28. The number of benzene rings is 2. The Balaban J connectivity index is 1.84. The third-order valence-electron chi connectivity index (χ3n) is 4.06. The lowest BCUT2D eigenvalue weighted by molar-refractivity contribution is 0.122. The van der Waals surface area contributed by atoms with Gasteiger partial charge in [-0.3, -0.25) is 4.57 Å². The summed E-state index contributed by atoms with van der Waals surface area (Å²) < 4.78 is 7.55. The zero-order chi connectivity index (χ0) is 16.4. The number of hydrogen-bond donors (Lipinski definition) is 0. The minimum atomic E-state index is 0.706. The second-order valence-corrected chi connectivity index (χ2v) is 6.04. The standard InChI is InChI=1S/C18H17ClN4O/c19-15-8-6-14(7-9-15)17-20-21-18(22-10-12-24-13-11-22)23(17)16-4-2-1-3-5-16/h1-9H,10-13H2. The second kappa shape index (κ2) is 6.63. The number of anilines is 1. The lowest BCUT2D eigenvalue weighted by atomic mass is 10.2. The maximum absolute atomic E-state index is 6.02. The molecule has 6 heteroatoms. The number of para-hydroxylation sites is 1. The quantitative estimate of drug-likeness (QED) is 0.732. The van der Waals surface area contributed by atoms with E-state index in [0.29, 0.717) is 18.2 Å². The van der Waals surface area contributed by atoms with Crippen LogP contribution in [0.1, 0.15) is 0 Å². The number of nitrogens with zero attached hydrogens (tertiary/aromatic N) is 4. The van der Waals surface area contributed by atoms with Gasteiger partial charge in [0, 0.05) is 23.7 Å². The van der Waals surface area contributed by atoms with Crippen molar-refractivity contribution < 1.29 is 4.74 Å². The lowest BCUT2D eigenvalue weighted by Crippen LogP contribution is -2.37. The van der Waals surface area contributed by atoms with E-state index in [4.69, 9.17) is 16.3 Å². The Hall–Kier alpha value is -2.37. The average molecular weight is 341 g/mol. The SMILES string of the molecule is Clc1ccc(-c2nnc(N3CCOCC3)n2-c2ccccc2)cc1. The highest BCUT2D eigenvalue weighted by atomic mass is 35.5. The Bertz CT molecular complexity index is 811. The van der Waals surface area contributed by atoms with Gasteiger partial charge in [-0.1, -0.05) is 29.8 Å². The van der Waals surface area contributed by atoms with Crippen molar-refractivity contribution in [3.8, 4) is 17.1 Å². The highest BCUT2D eigenvalue weighted by molar-refractivity contribution is 6.30. The van der Waals surface area contributed by atoms with Crippen LogP contribution in [0.15, 0.2) is 54.6 Å². The van der Waals surface area contributed by atoms with Crippen LogP contribution in [-0.2, 0) is 4.74 Å². The van der Waals surface area contributed by atoms with Gasteiger partial charge in [0.25, 0.3) is 0 Å². The molecular formula is C18H17ClN4O. The Labute approximate surface area is 145 Å². The average Bonchev–Trinajstić information content (AvgIpc) is 3.09. The van der Waals surface area contributed by atoms with Crippen LogP contribution < -0.4 is 4.90 Å². The fourth-order valence-corrected chi connectivity index (χ4v) is 2.97. The molecule has 1 aliphatic heterocycles. The summed E-state index contributed by atoms with van der Waals surface area (Å²) in [6.07, 6.45) is 0. The van der Waals surface area contributed by atoms with Crippen molar-refractivity contribution >= 4 is 17.5 Å². The van der Waals surface area contributed by atoms with E-state index in [1.807, 2.05) is 42.5 Å². The first-order valence-electron chi connectivity index (χ1n) is 7.92. The summed E-state index contributed by atoms with van der Waals surface area (Å²) in [4.78, 5) is 2.21. The van der Waals surface area contributed by atoms with E-state index >= 15 is 0 Å². The van der Waals surface area contributed by atoms with Crippen molar-refractivity contribution in [3.05, 3.63) is 59.6 Å². The van der Waals surface area contributed by atoms with Gasteiger partial charge in [0.15, 0.2) is 5.82 Å². The van der Waals surface area contributed by atoms with Gasteiger partial charge in [-0.15, -0.1) is 10.2 Å². The van der Waals surface area contributed by atoms with Crippen molar-refractivity contribution in [3.63, 3.8) is 0 Å².